The number of nitrogens with zero attached hydrogens (tertiary/aromatic N) is 1. The summed E-state index contributed by atoms with van der Waals surface area (Å²) in [6, 6.07) is 9.20. The number of hydrogen-bond donors (Lipinski definition) is 2. The van der Waals surface area contributed by atoms with Crippen molar-refractivity contribution in [1.82, 2.24) is 10.2 Å². The molecule has 7 nitrogen and oxygen atoms in total. The minimum absolute atomic E-state index is 0.150. The van der Waals surface area contributed by atoms with Crippen molar-refractivity contribution >= 4 is 36.6 Å². The highest BCUT2D eigenvalue weighted by Crippen LogP contribution is 2.21. The monoisotopic (exact) mass is 534 g/mol. The normalized spacial score (nSPS) is 16.6. The number of nitrogens with one attached hydrogen (secondary N) is 1. The van der Waals surface area contributed by atoms with E-state index in [4.69, 9.17) is 4.74 Å². The smallest absolute Gasteiger partial charge is 0.408 e. The van der Waals surface area contributed by atoms with Crippen LogP contribution in [0.2, 0.25) is 0 Å². The summed E-state index contributed by atoms with van der Waals surface area (Å²) in [6.45, 7) is 17.5. The zero-order valence-corrected chi connectivity index (χ0v) is 24.6. The van der Waals surface area contributed by atoms with Crippen molar-refractivity contribution in [1.29, 1.82) is 0 Å². The first-order valence-corrected chi connectivity index (χ1v) is 13.4. The molecule has 208 valence electrons. The third kappa shape index (κ3) is 16.0. The Morgan fingerprint density at radius 2 is 1.70 bits per heavy atom. The van der Waals surface area contributed by atoms with Gasteiger partial charge in [-0.05, 0) is 70.5 Å². The van der Waals surface area contributed by atoms with Crippen LogP contribution in [0.25, 0.3) is 6.08 Å². The van der Waals surface area contributed by atoms with Gasteiger partial charge in [-0.2, -0.15) is 12.6 Å². The molecule has 2 atom stereocenters. The Kier molecular flexibility index (Phi) is 17.3. The lowest BCUT2D eigenvalue weighted by molar-refractivity contribution is -0.142. The van der Waals surface area contributed by atoms with E-state index < -0.39 is 23.7 Å². The van der Waals surface area contributed by atoms with Gasteiger partial charge in [0.15, 0.2) is 5.78 Å². The quantitative estimate of drug-likeness (QED) is 0.270. The van der Waals surface area contributed by atoms with Crippen LogP contribution >= 0.6 is 12.6 Å². The van der Waals surface area contributed by atoms with E-state index in [0.29, 0.717) is 5.92 Å². The van der Waals surface area contributed by atoms with Gasteiger partial charge in [0.25, 0.3) is 0 Å². The maximum atomic E-state index is 11.6. The van der Waals surface area contributed by atoms with Crippen LogP contribution in [0.15, 0.2) is 48.1 Å². The highest BCUT2D eigenvalue weighted by Gasteiger charge is 2.23. The first-order chi connectivity index (χ1) is 17.4. The molecule has 0 saturated carbocycles. The van der Waals surface area contributed by atoms with Crippen molar-refractivity contribution in [3.05, 3.63) is 53.6 Å². The molecule has 1 aromatic rings. The van der Waals surface area contributed by atoms with E-state index in [1.165, 1.54) is 26.7 Å². The standard InChI is InChI=1S/C14H14O.C9H17NO4S.C6H15N/c1-11-7-8-14(15)13(9-11)10-12-5-3-2-4-6-12;1-9(2,3)14-8(12)10-6(5-15)7(11)13-4;1-4-7(5-2)6-3/h2-8,10-11H,9H2,1H3;6,15H,5H2,1-4H3,(H,10,12);4-6H2,1-3H3/b13-10+;;/t;6-;/m.0./s1. The fraction of sp³-hybridized carbons (Fsp3) is 0.552. The minimum atomic E-state index is -0.784. The van der Waals surface area contributed by atoms with Gasteiger partial charge in [0.1, 0.15) is 11.6 Å². The zero-order valence-electron chi connectivity index (χ0n) is 23.7. The molecule has 0 aromatic heterocycles. The number of ketones is 1. The van der Waals surface area contributed by atoms with Gasteiger partial charge in [0.2, 0.25) is 0 Å². The highest BCUT2D eigenvalue weighted by atomic mass is 32.1. The van der Waals surface area contributed by atoms with Gasteiger partial charge < -0.3 is 19.7 Å². The Morgan fingerprint density at radius 3 is 2.14 bits per heavy atom. The molecule has 0 aliphatic heterocycles. The lowest BCUT2D eigenvalue weighted by Gasteiger charge is -2.21. The second-order valence-corrected chi connectivity index (χ2v) is 9.87. The SMILES string of the molecule is CC1C=CC(=O)/C(=C/c2ccccc2)C1.CCN(CC)CC.COC(=O)[C@H](CS)NC(=O)OC(C)(C)C. The van der Waals surface area contributed by atoms with Crippen molar-refractivity contribution < 1.29 is 23.9 Å². The molecule has 0 spiro atoms. The van der Waals surface area contributed by atoms with Gasteiger partial charge in [-0.15, -0.1) is 0 Å². The van der Waals surface area contributed by atoms with Crippen LogP contribution in [-0.4, -0.2) is 66.9 Å². The molecule has 37 heavy (non-hydrogen) atoms. The topological polar surface area (TPSA) is 84.9 Å². The minimum Gasteiger partial charge on any atom is -0.467 e. The molecule has 1 aliphatic rings. The summed E-state index contributed by atoms with van der Waals surface area (Å²) < 4.78 is 9.45. The van der Waals surface area contributed by atoms with Gasteiger partial charge in [0.05, 0.1) is 7.11 Å². The van der Waals surface area contributed by atoms with Gasteiger partial charge in [-0.1, -0.05) is 64.1 Å². The van der Waals surface area contributed by atoms with Crippen LogP contribution in [0.1, 0.15) is 60.5 Å². The van der Waals surface area contributed by atoms with Crippen molar-refractivity contribution in [3.8, 4) is 0 Å². The summed E-state index contributed by atoms with van der Waals surface area (Å²) in [6.07, 6.45) is 5.84. The second kappa shape index (κ2) is 18.6. The zero-order chi connectivity index (χ0) is 28.4. The molecule has 1 N–H and O–H groups in total. The van der Waals surface area contributed by atoms with Crippen LogP contribution in [0.3, 0.4) is 0 Å². The largest absolute Gasteiger partial charge is 0.467 e. The third-order valence-corrected chi connectivity index (χ3v) is 5.64. The van der Waals surface area contributed by atoms with Crippen LogP contribution in [0, 0.1) is 5.92 Å². The number of alkyl carbamates (subject to hydrolysis) is 1. The number of carbonyl (C=O) groups is 3. The molecule has 1 unspecified atom stereocenters. The van der Waals surface area contributed by atoms with Crippen molar-refractivity contribution in [2.24, 2.45) is 5.92 Å². The number of rotatable bonds is 7. The summed E-state index contributed by atoms with van der Waals surface area (Å²) in [5, 5.41) is 2.36. The fourth-order valence-corrected chi connectivity index (χ4v) is 3.44. The number of benzene rings is 1. The predicted molar refractivity (Wildman–Crippen MR) is 155 cm³/mol. The molecule has 1 aromatic carbocycles. The van der Waals surface area contributed by atoms with E-state index in [9.17, 15) is 14.4 Å². The number of amides is 1. The Balaban J connectivity index is 0.000000563. The molecule has 0 saturated heterocycles. The number of methoxy groups -OCH3 is 1. The Morgan fingerprint density at radius 1 is 1.14 bits per heavy atom. The molecule has 0 bridgehead atoms. The van der Waals surface area contributed by atoms with E-state index in [2.05, 4.69) is 55.3 Å². The molecular weight excluding hydrogens is 488 g/mol. The number of carbonyl (C=O) groups excluding carboxylic acids is 3. The van der Waals surface area contributed by atoms with Gasteiger partial charge in [-0.3, -0.25) is 4.79 Å². The number of hydrogen-bond acceptors (Lipinski definition) is 7. The van der Waals surface area contributed by atoms with Crippen molar-refractivity contribution in [2.45, 2.75) is 66.5 Å². The molecule has 1 aliphatic carbocycles. The van der Waals surface area contributed by atoms with Crippen molar-refractivity contribution in [2.75, 3.05) is 32.5 Å². The van der Waals surface area contributed by atoms with E-state index in [0.717, 1.165) is 17.6 Å². The highest BCUT2D eigenvalue weighted by molar-refractivity contribution is 7.80. The summed E-state index contributed by atoms with van der Waals surface area (Å²) in [5.41, 5.74) is 1.42. The maximum absolute atomic E-state index is 11.6. The Labute approximate surface area is 229 Å². The molecule has 1 amide bonds. The first-order valence-electron chi connectivity index (χ1n) is 12.8. The van der Waals surface area contributed by atoms with E-state index in [1.54, 1.807) is 26.8 Å². The third-order valence-electron chi connectivity index (χ3n) is 5.28. The number of ether oxygens (including phenoxy) is 2. The number of esters is 1. The first kappa shape index (κ1) is 34.4. The fourth-order valence-electron chi connectivity index (χ4n) is 3.20. The van der Waals surface area contributed by atoms with Crippen LogP contribution in [0.4, 0.5) is 4.79 Å². The lowest BCUT2D eigenvalue weighted by atomic mass is 9.91. The van der Waals surface area contributed by atoms with Crippen LogP contribution < -0.4 is 5.32 Å². The summed E-state index contributed by atoms with van der Waals surface area (Å²) in [7, 11) is 1.25. The molecule has 0 radical (unpaired) electrons. The summed E-state index contributed by atoms with van der Waals surface area (Å²) in [4.78, 5) is 36.3. The molecule has 0 heterocycles. The second-order valence-electron chi connectivity index (χ2n) is 9.51. The maximum Gasteiger partial charge on any atom is 0.408 e. The van der Waals surface area contributed by atoms with Gasteiger partial charge >= 0.3 is 12.1 Å². The summed E-state index contributed by atoms with van der Waals surface area (Å²) >= 11 is 3.92. The van der Waals surface area contributed by atoms with E-state index in [-0.39, 0.29) is 11.5 Å². The molecule has 2 rings (SSSR count). The Hall–Kier alpha value is -2.58. The van der Waals surface area contributed by atoms with Gasteiger partial charge in [-0.25, -0.2) is 9.59 Å². The summed E-state index contributed by atoms with van der Waals surface area (Å²) in [5.74, 6) is 0.233. The average Bonchev–Trinajstić information content (AvgIpc) is 2.86. The molecule has 0 fully saturated rings. The van der Waals surface area contributed by atoms with Gasteiger partial charge in [0, 0.05) is 11.3 Å². The lowest BCUT2D eigenvalue weighted by Crippen LogP contribution is -2.45. The van der Waals surface area contributed by atoms with E-state index >= 15 is 0 Å². The molecule has 8 heteroatoms. The number of allylic oxidation sites excluding steroid dienone is 3. The Bertz CT molecular complexity index is 869. The van der Waals surface area contributed by atoms with E-state index in [1.807, 2.05) is 42.5 Å². The predicted octanol–water partition coefficient (Wildman–Crippen LogP) is 5.57. The number of thiol groups is 1. The molecular formula is C29H46N2O5S. The van der Waals surface area contributed by atoms with Crippen LogP contribution in [-0.2, 0) is 19.1 Å². The average molecular weight is 535 g/mol. The van der Waals surface area contributed by atoms with Crippen LogP contribution in [0.5, 0.6) is 0 Å². The van der Waals surface area contributed by atoms with Crippen molar-refractivity contribution in [3.63, 3.8) is 0 Å².